The zero-order valence-electron chi connectivity index (χ0n) is 11.8. The quantitative estimate of drug-likeness (QED) is 0.783. The molecule has 100 valence electrons. The Hall–Kier alpha value is -1.61. The Morgan fingerprint density at radius 3 is 2.63 bits per heavy atom. The van der Waals surface area contributed by atoms with Crippen LogP contribution in [0.2, 0.25) is 0 Å². The van der Waals surface area contributed by atoms with Gasteiger partial charge in [0.05, 0.1) is 17.7 Å². The third-order valence-corrected chi connectivity index (χ3v) is 3.63. The zero-order chi connectivity index (χ0) is 13.4. The molecular formula is C16H20N2O. The lowest BCUT2D eigenvalue weighted by Gasteiger charge is -2.37. The van der Waals surface area contributed by atoms with Gasteiger partial charge in [0.2, 0.25) is 0 Å². The zero-order valence-corrected chi connectivity index (χ0v) is 11.8. The number of hydrogen-bond donors (Lipinski definition) is 0. The van der Waals surface area contributed by atoms with E-state index in [4.69, 9.17) is 4.74 Å². The van der Waals surface area contributed by atoms with E-state index in [1.165, 1.54) is 16.6 Å². The molecule has 2 heterocycles. The summed E-state index contributed by atoms with van der Waals surface area (Å²) in [4.78, 5) is 6.88. The van der Waals surface area contributed by atoms with Gasteiger partial charge >= 0.3 is 0 Å². The van der Waals surface area contributed by atoms with Crippen LogP contribution >= 0.6 is 0 Å². The van der Waals surface area contributed by atoms with Gasteiger partial charge in [0.15, 0.2) is 0 Å². The molecule has 1 fully saturated rings. The van der Waals surface area contributed by atoms with Crippen LogP contribution < -0.4 is 4.90 Å². The van der Waals surface area contributed by atoms with Crippen LogP contribution in [0.25, 0.3) is 10.9 Å². The van der Waals surface area contributed by atoms with Crippen molar-refractivity contribution in [1.82, 2.24) is 4.98 Å². The smallest absolute Gasteiger partial charge is 0.0726 e. The molecule has 0 bridgehead atoms. The molecule has 2 unspecified atom stereocenters. The van der Waals surface area contributed by atoms with Crippen LogP contribution in [0, 0.1) is 6.92 Å². The number of anilines is 1. The molecule has 1 aromatic heterocycles. The van der Waals surface area contributed by atoms with Crippen molar-refractivity contribution in [2.45, 2.75) is 33.0 Å². The number of aryl methyl sites for hydroxylation is 1. The molecule has 19 heavy (non-hydrogen) atoms. The van der Waals surface area contributed by atoms with Crippen molar-refractivity contribution in [1.29, 1.82) is 0 Å². The lowest BCUT2D eigenvalue weighted by Crippen LogP contribution is -2.45. The van der Waals surface area contributed by atoms with Gasteiger partial charge < -0.3 is 9.64 Å². The largest absolute Gasteiger partial charge is 0.372 e. The third-order valence-electron chi connectivity index (χ3n) is 3.63. The molecule has 0 radical (unpaired) electrons. The second-order valence-electron chi connectivity index (χ2n) is 5.51. The van der Waals surface area contributed by atoms with Gasteiger partial charge in [-0.15, -0.1) is 0 Å². The van der Waals surface area contributed by atoms with Crippen LogP contribution in [0.3, 0.4) is 0 Å². The van der Waals surface area contributed by atoms with Crippen molar-refractivity contribution < 1.29 is 4.74 Å². The number of morpholine rings is 1. The average molecular weight is 256 g/mol. The summed E-state index contributed by atoms with van der Waals surface area (Å²) in [5, 5.41) is 1.24. The Kier molecular flexibility index (Phi) is 3.15. The van der Waals surface area contributed by atoms with Gasteiger partial charge in [-0.05, 0) is 39.0 Å². The molecular weight excluding hydrogens is 236 g/mol. The monoisotopic (exact) mass is 256 g/mol. The number of hydrogen-bond acceptors (Lipinski definition) is 3. The highest BCUT2D eigenvalue weighted by Gasteiger charge is 2.23. The van der Waals surface area contributed by atoms with Crippen molar-refractivity contribution in [2.24, 2.45) is 0 Å². The Bertz CT molecular complexity index is 586. The van der Waals surface area contributed by atoms with Crippen molar-refractivity contribution in [3.05, 3.63) is 36.0 Å². The molecule has 3 heteroatoms. The minimum atomic E-state index is 0.275. The fourth-order valence-corrected chi connectivity index (χ4v) is 2.90. The summed E-state index contributed by atoms with van der Waals surface area (Å²) in [5.74, 6) is 0. The predicted octanol–water partition coefficient (Wildman–Crippen LogP) is 3.16. The summed E-state index contributed by atoms with van der Waals surface area (Å²) in [7, 11) is 0. The molecule has 1 aliphatic heterocycles. The standard InChI is InChI=1S/C16H20N2O/c1-11-4-5-15-14(8-11)16(6-7-17-15)18-9-12(2)19-13(3)10-18/h4-8,12-13H,9-10H2,1-3H3. The van der Waals surface area contributed by atoms with E-state index in [0.29, 0.717) is 0 Å². The summed E-state index contributed by atoms with van der Waals surface area (Å²) in [6.45, 7) is 8.28. The molecule has 0 N–H and O–H groups in total. The molecule has 0 spiro atoms. The minimum Gasteiger partial charge on any atom is -0.372 e. The van der Waals surface area contributed by atoms with Crippen molar-refractivity contribution in [2.75, 3.05) is 18.0 Å². The molecule has 1 aromatic carbocycles. The SMILES string of the molecule is Cc1ccc2nccc(N3CC(C)OC(C)C3)c2c1. The number of rotatable bonds is 1. The molecule has 0 amide bonds. The van der Waals surface area contributed by atoms with Crippen molar-refractivity contribution >= 4 is 16.6 Å². The number of benzene rings is 1. The van der Waals surface area contributed by atoms with E-state index in [0.717, 1.165) is 18.6 Å². The maximum Gasteiger partial charge on any atom is 0.0726 e. The number of pyridine rings is 1. The molecule has 3 nitrogen and oxygen atoms in total. The van der Waals surface area contributed by atoms with Crippen LogP contribution in [-0.4, -0.2) is 30.3 Å². The fourth-order valence-electron chi connectivity index (χ4n) is 2.90. The van der Waals surface area contributed by atoms with Gasteiger partial charge in [-0.25, -0.2) is 0 Å². The molecule has 1 saturated heterocycles. The summed E-state index contributed by atoms with van der Waals surface area (Å²) in [6, 6.07) is 8.56. The first kappa shape index (κ1) is 12.4. The van der Waals surface area contributed by atoms with Gasteiger partial charge in [0.1, 0.15) is 0 Å². The number of ether oxygens (including phenoxy) is 1. The first-order chi connectivity index (χ1) is 9.13. The van der Waals surface area contributed by atoms with E-state index in [-0.39, 0.29) is 12.2 Å². The minimum absolute atomic E-state index is 0.275. The Morgan fingerprint density at radius 2 is 1.89 bits per heavy atom. The number of fused-ring (bicyclic) bond motifs is 1. The highest BCUT2D eigenvalue weighted by atomic mass is 16.5. The van der Waals surface area contributed by atoms with Crippen molar-refractivity contribution in [3.63, 3.8) is 0 Å². The van der Waals surface area contributed by atoms with E-state index in [9.17, 15) is 0 Å². The first-order valence-corrected chi connectivity index (χ1v) is 6.89. The van der Waals surface area contributed by atoms with E-state index in [1.807, 2.05) is 6.20 Å². The van der Waals surface area contributed by atoms with E-state index in [1.54, 1.807) is 0 Å². The van der Waals surface area contributed by atoms with E-state index < -0.39 is 0 Å². The predicted molar refractivity (Wildman–Crippen MR) is 78.7 cm³/mol. The highest BCUT2D eigenvalue weighted by molar-refractivity contribution is 5.92. The molecule has 0 saturated carbocycles. The average Bonchev–Trinajstić information content (AvgIpc) is 2.36. The van der Waals surface area contributed by atoms with Crippen LogP contribution in [0.15, 0.2) is 30.5 Å². The third kappa shape index (κ3) is 2.43. The molecule has 0 aliphatic carbocycles. The van der Waals surface area contributed by atoms with Gasteiger partial charge in [-0.3, -0.25) is 4.98 Å². The number of aromatic nitrogens is 1. The first-order valence-electron chi connectivity index (χ1n) is 6.89. The van der Waals surface area contributed by atoms with Crippen LogP contribution in [0.5, 0.6) is 0 Å². The lowest BCUT2D eigenvalue weighted by atomic mass is 10.1. The highest BCUT2D eigenvalue weighted by Crippen LogP contribution is 2.28. The lowest BCUT2D eigenvalue weighted by molar-refractivity contribution is -0.00513. The Labute approximate surface area is 114 Å². The Balaban J connectivity index is 2.06. The molecule has 3 rings (SSSR count). The number of nitrogens with zero attached hydrogens (tertiary/aromatic N) is 2. The summed E-state index contributed by atoms with van der Waals surface area (Å²) >= 11 is 0. The molecule has 2 atom stereocenters. The van der Waals surface area contributed by atoms with Crippen molar-refractivity contribution in [3.8, 4) is 0 Å². The van der Waals surface area contributed by atoms with Crippen LogP contribution in [-0.2, 0) is 4.74 Å². The van der Waals surface area contributed by atoms with E-state index in [2.05, 4.69) is 54.9 Å². The fraction of sp³-hybridized carbons (Fsp3) is 0.438. The van der Waals surface area contributed by atoms with E-state index >= 15 is 0 Å². The summed E-state index contributed by atoms with van der Waals surface area (Å²) in [5.41, 5.74) is 3.61. The maximum absolute atomic E-state index is 5.82. The summed E-state index contributed by atoms with van der Waals surface area (Å²) in [6.07, 6.45) is 2.45. The van der Waals surface area contributed by atoms with Gasteiger partial charge in [-0.2, -0.15) is 0 Å². The Morgan fingerprint density at radius 1 is 1.16 bits per heavy atom. The molecule has 2 aromatic rings. The van der Waals surface area contributed by atoms with Crippen LogP contribution in [0.1, 0.15) is 19.4 Å². The molecule has 1 aliphatic rings. The normalized spacial score (nSPS) is 23.8. The second kappa shape index (κ2) is 4.82. The van der Waals surface area contributed by atoms with Gasteiger partial charge in [0.25, 0.3) is 0 Å². The summed E-state index contributed by atoms with van der Waals surface area (Å²) < 4.78 is 5.82. The topological polar surface area (TPSA) is 25.4 Å². The maximum atomic E-state index is 5.82. The van der Waals surface area contributed by atoms with Gasteiger partial charge in [0, 0.05) is 30.4 Å². The van der Waals surface area contributed by atoms with Crippen LogP contribution in [0.4, 0.5) is 5.69 Å². The second-order valence-corrected chi connectivity index (χ2v) is 5.51. The van der Waals surface area contributed by atoms with Gasteiger partial charge in [-0.1, -0.05) is 11.6 Å².